The number of thioether (sulfide) groups is 1. The van der Waals surface area contributed by atoms with Crippen LogP contribution < -0.4 is 5.32 Å². The number of furan rings is 1. The summed E-state index contributed by atoms with van der Waals surface area (Å²) in [6, 6.07) is 3.10. The lowest BCUT2D eigenvalue weighted by molar-refractivity contribution is -0.736. The minimum Gasteiger partial charge on any atom is -0.464 e. The summed E-state index contributed by atoms with van der Waals surface area (Å²) in [6.07, 6.45) is 3.92. The van der Waals surface area contributed by atoms with E-state index in [1.54, 1.807) is 23.9 Å². The van der Waals surface area contributed by atoms with Gasteiger partial charge in [0.1, 0.15) is 11.8 Å². The molecule has 2 N–H and O–H groups in total. The lowest BCUT2D eigenvalue weighted by atomic mass is 9.78. The molecule has 0 unspecified atom stereocenters. The number of amides is 2. The predicted octanol–water partition coefficient (Wildman–Crippen LogP) is -0.206. The molecule has 2 aliphatic rings. The van der Waals surface area contributed by atoms with Gasteiger partial charge in [0.25, 0.3) is 0 Å². The topological polar surface area (TPSA) is 93.4 Å². The van der Waals surface area contributed by atoms with Crippen molar-refractivity contribution in [3.8, 4) is 0 Å². The van der Waals surface area contributed by atoms with Gasteiger partial charge in [-0.25, -0.2) is 4.79 Å². The minimum atomic E-state index is -1.10. The minimum absolute atomic E-state index is 0.266. The third-order valence-corrected chi connectivity index (χ3v) is 5.76. The summed E-state index contributed by atoms with van der Waals surface area (Å²) in [7, 11) is 2.79. The standard InChI is InChI=1S/C16H20N2O5S/c1-18-13(19)10-11(14(18)20)16(6-8-24-3,15(21)22-2)17-12(10)9-5-4-7-23-9/h4-5,7,10-12,17H,6,8H2,1-3H3/p+1/t10-,11+,12+,16+/m0/s1. The van der Waals surface area contributed by atoms with E-state index in [4.69, 9.17) is 9.15 Å². The van der Waals surface area contributed by atoms with E-state index in [-0.39, 0.29) is 11.8 Å². The number of rotatable bonds is 5. The first kappa shape index (κ1) is 17.0. The van der Waals surface area contributed by atoms with Gasteiger partial charge in [0.05, 0.1) is 13.4 Å². The van der Waals surface area contributed by atoms with Crippen LogP contribution in [0.3, 0.4) is 0 Å². The Hall–Kier alpha value is -1.80. The van der Waals surface area contributed by atoms with Gasteiger partial charge < -0.3 is 14.5 Å². The molecular weight excluding hydrogens is 332 g/mol. The fourth-order valence-corrected chi connectivity index (χ4v) is 4.55. The highest BCUT2D eigenvalue weighted by atomic mass is 32.2. The number of quaternary nitrogens is 1. The molecule has 1 aromatic rings. The molecule has 2 aliphatic heterocycles. The van der Waals surface area contributed by atoms with Gasteiger partial charge in [-0.1, -0.05) is 0 Å². The Balaban J connectivity index is 2.10. The first-order valence-electron chi connectivity index (χ1n) is 7.76. The molecule has 0 radical (unpaired) electrons. The van der Waals surface area contributed by atoms with Gasteiger partial charge in [-0.2, -0.15) is 11.8 Å². The van der Waals surface area contributed by atoms with Crippen molar-refractivity contribution in [2.24, 2.45) is 11.8 Å². The molecule has 130 valence electrons. The summed E-state index contributed by atoms with van der Waals surface area (Å²) in [5.41, 5.74) is -1.10. The molecule has 7 nitrogen and oxygen atoms in total. The number of fused-ring (bicyclic) bond motifs is 1. The first-order valence-corrected chi connectivity index (χ1v) is 9.15. The zero-order chi connectivity index (χ0) is 17.5. The van der Waals surface area contributed by atoms with Crippen molar-refractivity contribution in [2.75, 3.05) is 26.2 Å². The maximum atomic E-state index is 12.8. The Bertz CT molecular complexity index is 661. The summed E-state index contributed by atoms with van der Waals surface area (Å²) in [5.74, 6) is -1.11. The summed E-state index contributed by atoms with van der Waals surface area (Å²) < 4.78 is 10.5. The number of imide groups is 1. The van der Waals surface area contributed by atoms with Gasteiger partial charge in [0.15, 0.2) is 11.8 Å². The third-order valence-electron chi connectivity index (χ3n) is 5.15. The molecule has 2 amide bonds. The molecule has 24 heavy (non-hydrogen) atoms. The van der Waals surface area contributed by atoms with E-state index in [1.807, 2.05) is 11.6 Å². The number of likely N-dealkylation sites (tertiary alicyclic amines) is 1. The normalized spacial score (nSPS) is 32.3. The fourth-order valence-electron chi connectivity index (χ4n) is 4.00. The molecule has 0 saturated carbocycles. The number of carbonyl (C=O) groups excluding carboxylic acids is 3. The molecule has 0 aliphatic carbocycles. The highest BCUT2D eigenvalue weighted by molar-refractivity contribution is 7.98. The van der Waals surface area contributed by atoms with E-state index >= 15 is 0 Å². The second-order valence-corrected chi connectivity index (χ2v) is 7.21. The Kier molecular flexibility index (Phi) is 4.44. The number of nitrogens with zero attached hydrogens (tertiary/aromatic N) is 1. The lowest BCUT2D eigenvalue weighted by Crippen LogP contribution is -2.98. The van der Waals surface area contributed by atoms with Crippen LogP contribution in [-0.4, -0.2) is 54.4 Å². The van der Waals surface area contributed by atoms with Crippen LogP contribution in [-0.2, 0) is 19.1 Å². The molecule has 0 bridgehead atoms. The average molecular weight is 353 g/mol. The molecule has 8 heteroatoms. The zero-order valence-corrected chi connectivity index (χ0v) is 14.7. The van der Waals surface area contributed by atoms with Crippen LogP contribution in [0.15, 0.2) is 22.8 Å². The zero-order valence-electron chi connectivity index (χ0n) is 13.9. The van der Waals surface area contributed by atoms with Gasteiger partial charge in [-0.05, 0) is 24.1 Å². The lowest BCUT2D eigenvalue weighted by Gasteiger charge is -2.28. The van der Waals surface area contributed by atoms with Crippen molar-refractivity contribution in [3.05, 3.63) is 24.2 Å². The van der Waals surface area contributed by atoms with Gasteiger partial charge >= 0.3 is 5.97 Å². The van der Waals surface area contributed by atoms with Crippen molar-refractivity contribution >= 4 is 29.5 Å². The Labute approximate surface area is 144 Å². The maximum absolute atomic E-state index is 12.8. The molecule has 1 aromatic heterocycles. The molecule has 2 saturated heterocycles. The molecule has 0 spiro atoms. The van der Waals surface area contributed by atoms with E-state index in [9.17, 15) is 14.4 Å². The molecule has 3 heterocycles. The molecule has 0 aromatic carbocycles. The number of nitrogens with two attached hydrogens (primary N) is 1. The van der Waals surface area contributed by atoms with E-state index in [0.717, 1.165) is 4.90 Å². The van der Waals surface area contributed by atoms with Crippen LogP contribution in [0, 0.1) is 11.8 Å². The number of ether oxygens (including phenoxy) is 1. The van der Waals surface area contributed by atoms with Crippen molar-refractivity contribution in [2.45, 2.75) is 18.0 Å². The van der Waals surface area contributed by atoms with Crippen LogP contribution in [0.2, 0.25) is 0 Å². The van der Waals surface area contributed by atoms with Gasteiger partial charge in [0, 0.05) is 13.5 Å². The average Bonchev–Trinajstić information content (AvgIpc) is 3.27. The van der Waals surface area contributed by atoms with Crippen LogP contribution in [0.1, 0.15) is 18.2 Å². The highest BCUT2D eigenvalue weighted by Gasteiger charge is 2.72. The molecule has 2 fully saturated rings. The smallest absolute Gasteiger partial charge is 0.368 e. The number of carbonyl (C=O) groups is 3. The van der Waals surface area contributed by atoms with Crippen molar-refractivity contribution in [3.63, 3.8) is 0 Å². The van der Waals surface area contributed by atoms with E-state index in [0.29, 0.717) is 17.9 Å². The van der Waals surface area contributed by atoms with Crippen LogP contribution in [0.5, 0.6) is 0 Å². The van der Waals surface area contributed by atoms with Gasteiger partial charge in [-0.15, -0.1) is 0 Å². The largest absolute Gasteiger partial charge is 0.464 e. The van der Waals surface area contributed by atoms with E-state index < -0.39 is 29.4 Å². The molecule has 3 rings (SSSR count). The fraction of sp³-hybridized carbons (Fsp3) is 0.562. The summed E-state index contributed by atoms with van der Waals surface area (Å²) in [6.45, 7) is 0. The third kappa shape index (κ3) is 2.28. The van der Waals surface area contributed by atoms with E-state index in [2.05, 4.69) is 0 Å². The van der Waals surface area contributed by atoms with Gasteiger partial charge in [-0.3, -0.25) is 14.5 Å². The number of hydrogen-bond acceptors (Lipinski definition) is 6. The Morgan fingerprint density at radius 2 is 2.21 bits per heavy atom. The summed E-state index contributed by atoms with van der Waals surface area (Å²) in [5, 5.41) is 1.81. The van der Waals surface area contributed by atoms with Crippen molar-refractivity contribution < 1.29 is 28.9 Å². The highest BCUT2D eigenvalue weighted by Crippen LogP contribution is 2.45. The quantitative estimate of drug-likeness (QED) is 0.582. The first-order chi connectivity index (χ1) is 11.5. The monoisotopic (exact) mass is 353 g/mol. The second-order valence-electron chi connectivity index (χ2n) is 6.22. The number of esters is 1. The number of methoxy groups -OCH3 is 1. The van der Waals surface area contributed by atoms with E-state index in [1.165, 1.54) is 20.4 Å². The number of hydrogen-bond donors (Lipinski definition) is 1. The molecule has 4 atom stereocenters. The van der Waals surface area contributed by atoms with Crippen molar-refractivity contribution in [1.82, 2.24) is 4.90 Å². The van der Waals surface area contributed by atoms with Crippen LogP contribution in [0.4, 0.5) is 0 Å². The van der Waals surface area contributed by atoms with Crippen LogP contribution in [0.25, 0.3) is 0 Å². The van der Waals surface area contributed by atoms with Gasteiger partial charge in [0.2, 0.25) is 17.4 Å². The molecular formula is C16H21N2O5S+. The Morgan fingerprint density at radius 1 is 1.46 bits per heavy atom. The van der Waals surface area contributed by atoms with Crippen LogP contribution >= 0.6 is 11.8 Å². The Morgan fingerprint density at radius 3 is 2.79 bits per heavy atom. The summed E-state index contributed by atoms with van der Waals surface area (Å²) >= 11 is 1.59. The summed E-state index contributed by atoms with van der Waals surface area (Å²) in [4.78, 5) is 39.2. The predicted molar refractivity (Wildman–Crippen MR) is 85.9 cm³/mol. The second kappa shape index (κ2) is 6.25. The SMILES string of the molecule is COC(=O)[C@]1(CCSC)[NH2+][C@H](c2ccco2)[C@H]2C(=O)N(C)C(=O)[C@@H]21. The maximum Gasteiger partial charge on any atom is 0.368 e. The van der Waals surface area contributed by atoms with Crippen molar-refractivity contribution in [1.29, 1.82) is 0 Å².